The van der Waals surface area contributed by atoms with Gasteiger partial charge in [0.1, 0.15) is 0 Å². The van der Waals surface area contributed by atoms with Gasteiger partial charge in [-0.25, -0.2) is 0 Å². The fourth-order valence-electron chi connectivity index (χ4n) is 0.800. The van der Waals surface area contributed by atoms with Crippen LogP contribution in [0.4, 0.5) is 43.9 Å². The van der Waals surface area contributed by atoms with Crippen LogP contribution in [0, 0.1) is 0 Å². The first-order chi connectivity index (χ1) is 9.27. The highest BCUT2D eigenvalue weighted by Crippen LogP contribution is 2.52. The fourth-order valence-corrected chi connectivity index (χ4v) is 1.14. The highest BCUT2D eigenvalue weighted by molar-refractivity contribution is 7.86. The second-order valence-electron chi connectivity index (χ2n) is 3.42. The molecular formula is C6H4F10O5S. The van der Waals surface area contributed by atoms with E-state index in [0.717, 1.165) is 0 Å². The van der Waals surface area contributed by atoms with Crippen LogP contribution in [0.1, 0.15) is 0 Å². The zero-order valence-corrected chi connectivity index (χ0v) is 10.6. The summed E-state index contributed by atoms with van der Waals surface area (Å²) in [5.74, 6) is -6.87. The molecule has 0 aromatic carbocycles. The van der Waals surface area contributed by atoms with Crippen LogP contribution in [0.2, 0.25) is 0 Å². The molecule has 1 N–H and O–H groups in total. The van der Waals surface area contributed by atoms with E-state index in [4.69, 9.17) is 4.55 Å². The highest BCUT2D eigenvalue weighted by atomic mass is 32.2. The lowest BCUT2D eigenvalue weighted by Crippen LogP contribution is -2.64. The van der Waals surface area contributed by atoms with Gasteiger partial charge < -0.3 is 4.74 Å². The monoisotopic (exact) mass is 378 g/mol. The molecule has 0 heterocycles. The number of ether oxygens (including phenoxy) is 2. The van der Waals surface area contributed by atoms with Gasteiger partial charge >= 0.3 is 39.6 Å². The van der Waals surface area contributed by atoms with Gasteiger partial charge in [0.05, 0.1) is 0 Å². The Kier molecular flexibility index (Phi) is 5.13. The second-order valence-corrected chi connectivity index (χ2v) is 4.89. The Morgan fingerprint density at radius 1 is 0.818 bits per heavy atom. The molecule has 0 saturated heterocycles. The van der Waals surface area contributed by atoms with Crippen molar-refractivity contribution < 1.29 is 66.3 Å². The van der Waals surface area contributed by atoms with Gasteiger partial charge in [0, 0.05) is 7.11 Å². The summed E-state index contributed by atoms with van der Waals surface area (Å²) < 4.78 is 158. The topological polar surface area (TPSA) is 72.8 Å². The maximum atomic E-state index is 13.2. The standard InChI is InChI=1S/C6H4F10O5S/c1-20-4(11,12)2(7,3(8,9)10)21-5(13,14)6(15,16)22(17,18)19/h1H3,(H,17,18,19). The predicted molar refractivity (Wildman–Crippen MR) is 44.4 cm³/mol. The van der Waals surface area contributed by atoms with E-state index < -0.39 is 39.6 Å². The van der Waals surface area contributed by atoms with E-state index in [-0.39, 0.29) is 7.11 Å². The first kappa shape index (κ1) is 21.1. The molecule has 0 amide bonds. The summed E-state index contributed by atoms with van der Waals surface area (Å²) in [6, 6.07) is 0. The molecule has 134 valence electrons. The van der Waals surface area contributed by atoms with Crippen molar-refractivity contribution in [3.63, 3.8) is 0 Å². The number of alkyl halides is 10. The molecule has 0 fully saturated rings. The summed E-state index contributed by atoms with van der Waals surface area (Å²) in [5, 5.41) is -6.88. The lowest BCUT2D eigenvalue weighted by Gasteiger charge is -2.36. The largest absolute Gasteiger partial charge is 0.460 e. The SMILES string of the molecule is COC(F)(F)C(F)(OC(F)(F)C(F)(F)S(=O)(=O)O)C(F)(F)F. The van der Waals surface area contributed by atoms with Gasteiger partial charge in [-0.15, -0.1) is 0 Å². The van der Waals surface area contributed by atoms with Crippen LogP contribution in [-0.2, 0) is 19.6 Å². The lowest BCUT2D eigenvalue weighted by atomic mass is 10.2. The Labute approximate surface area is 114 Å². The molecule has 22 heavy (non-hydrogen) atoms. The summed E-state index contributed by atoms with van der Waals surface area (Å²) in [7, 11) is -7.48. The summed E-state index contributed by atoms with van der Waals surface area (Å²) in [4.78, 5) is 0. The van der Waals surface area contributed by atoms with E-state index in [1.807, 2.05) is 0 Å². The van der Waals surface area contributed by atoms with Crippen LogP contribution >= 0.6 is 0 Å². The van der Waals surface area contributed by atoms with Crippen molar-refractivity contribution in [1.82, 2.24) is 0 Å². The van der Waals surface area contributed by atoms with Crippen molar-refractivity contribution in [3.8, 4) is 0 Å². The van der Waals surface area contributed by atoms with Gasteiger partial charge in [0.25, 0.3) is 0 Å². The first-order valence-corrected chi connectivity index (χ1v) is 5.82. The minimum atomic E-state index is -7.16. The van der Waals surface area contributed by atoms with E-state index in [1.54, 1.807) is 4.74 Å². The molecule has 0 aromatic rings. The molecule has 0 bridgehead atoms. The third kappa shape index (κ3) is 3.23. The average molecular weight is 378 g/mol. The molecule has 0 saturated carbocycles. The van der Waals surface area contributed by atoms with Crippen LogP contribution in [0.3, 0.4) is 0 Å². The third-order valence-corrected chi connectivity index (χ3v) is 2.81. The number of methoxy groups -OCH3 is 1. The number of rotatable bonds is 6. The quantitative estimate of drug-likeness (QED) is 0.568. The zero-order valence-electron chi connectivity index (χ0n) is 9.77. The number of hydrogen-bond donors (Lipinski definition) is 1. The second kappa shape index (κ2) is 5.34. The van der Waals surface area contributed by atoms with Crippen molar-refractivity contribution in [2.24, 2.45) is 0 Å². The molecule has 1 atom stereocenters. The third-order valence-electron chi connectivity index (χ3n) is 1.93. The van der Waals surface area contributed by atoms with Crippen LogP contribution in [0.15, 0.2) is 0 Å². The Bertz CT molecular complexity index is 512. The smallest absolute Gasteiger partial charge is 0.319 e. The van der Waals surface area contributed by atoms with Crippen LogP contribution < -0.4 is 0 Å². The number of hydrogen-bond acceptors (Lipinski definition) is 4. The molecule has 0 spiro atoms. The van der Waals surface area contributed by atoms with Crippen molar-refractivity contribution in [1.29, 1.82) is 0 Å². The average Bonchev–Trinajstić information content (AvgIpc) is 2.24. The molecule has 1 unspecified atom stereocenters. The van der Waals surface area contributed by atoms with Crippen LogP contribution in [-0.4, -0.2) is 49.6 Å². The van der Waals surface area contributed by atoms with E-state index >= 15 is 0 Å². The van der Waals surface area contributed by atoms with Gasteiger partial charge in [-0.05, 0) is 0 Å². The van der Waals surface area contributed by atoms with Crippen molar-refractivity contribution in [2.45, 2.75) is 29.5 Å². The van der Waals surface area contributed by atoms with Gasteiger partial charge in [0.15, 0.2) is 0 Å². The molecule has 0 aliphatic carbocycles. The molecular weight excluding hydrogens is 374 g/mol. The van der Waals surface area contributed by atoms with E-state index in [9.17, 15) is 52.3 Å². The van der Waals surface area contributed by atoms with E-state index in [1.165, 1.54) is 0 Å². The Balaban J connectivity index is 6.11. The fraction of sp³-hybridized carbons (Fsp3) is 1.00. The minimum absolute atomic E-state index is 0.317. The van der Waals surface area contributed by atoms with Crippen molar-refractivity contribution in [2.75, 3.05) is 7.11 Å². The minimum Gasteiger partial charge on any atom is -0.319 e. The van der Waals surface area contributed by atoms with Crippen LogP contribution in [0.5, 0.6) is 0 Å². The van der Waals surface area contributed by atoms with Crippen LogP contribution in [0.25, 0.3) is 0 Å². The summed E-state index contributed by atoms with van der Waals surface area (Å²) in [6.45, 7) is 0. The molecule has 0 aliphatic heterocycles. The Morgan fingerprint density at radius 3 is 1.41 bits per heavy atom. The normalized spacial score (nSPS) is 18.2. The van der Waals surface area contributed by atoms with Gasteiger partial charge in [0.2, 0.25) is 0 Å². The van der Waals surface area contributed by atoms with Gasteiger partial charge in [-0.3, -0.25) is 9.29 Å². The molecule has 0 aliphatic rings. The predicted octanol–water partition coefficient (Wildman–Crippen LogP) is 2.54. The molecule has 16 heteroatoms. The molecule has 0 rings (SSSR count). The highest BCUT2D eigenvalue weighted by Gasteiger charge is 2.81. The maximum absolute atomic E-state index is 13.2. The van der Waals surface area contributed by atoms with Crippen molar-refractivity contribution in [3.05, 3.63) is 0 Å². The summed E-state index contributed by atoms with van der Waals surface area (Å²) >= 11 is 0. The maximum Gasteiger partial charge on any atom is 0.460 e. The summed E-state index contributed by atoms with van der Waals surface area (Å²) in [5.41, 5.74) is 0. The first-order valence-electron chi connectivity index (χ1n) is 4.38. The van der Waals surface area contributed by atoms with Crippen molar-refractivity contribution >= 4 is 10.1 Å². The lowest BCUT2D eigenvalue weighted by molar-refractivity contribution is -0.510. The van der Waals surface area contributed by atoms with E-state index in [0.29, 0.717) is 0 Å². The molecule has 0 radical (unpaired) electrons. The van der Waals surface area contributed by atoms with Gasteiger partial charge in [-0.1, -0.05) is 0 Å². The Hall–Kier alpha value is -0.870. The number of halogens is 10. The van der Waals surface area contributed by atoms with E-state index in [2.05, 4.69) is 4.74 Å². The zero-order chi connectivity index (χ0) is 18.4. The molecule has 0 aromatic heterocycles. The van der Waals surface area contributed by atoms with Gasteiger partial charge in [-0.2, -0.15) is 52.3 Å². The Morgan fingerprint density at radius 2 is 1.18 bits per heavy atom. The molecule has 5 nitrogen and oxygen atoms in total. The summed E-state index contributed by atoms with van der Waals surface area (Å²) in [6.07, 6.45) is -20.4.